The molecule has 0 atom stereocenters. The third-order valence-electron chi connectivity index (χ3n) is 3.06. The van der Waals surface area contributed by atoms with Gasteiger partial charge in [0.1, 0.15) is 0 Å². The van der Waals surface area contributed by atoms with E-state index in [-0.39, 0.29) is 5.91 Å². The summed E-state index contributed by atoms with van der Waals surface area (Å²) in [6.07, 6.45) is 1.68. The highest BCUT2D eigenvalue weighted by Gasteiger charge is 2.08. The summed E-state index contributed by atoms with van der Waals surface area (Å²) in [5, 5.41) is 2.91. The molecule has 0 spiro atoms. The van der Waals surface area contributed by atoms with Crippen molar-refractivity contribution in [2.45, 2.75) is 25.3 Å². The Kier molecular flexibility index (Phi) is 6.27. The number of benzene rings is 1. The molecule has 116 valence electrons. The number of thioether (sulfide) groups is 1. The normalized spacial score (nSPS) is 10.3. The second kappa shape index (κ2) is 8.44. The Labute approximate surface area is 135 Å². The number of hydrogen-bond acceptors (Lipinski definition) is 4. The van der Waals surface area contributed by atoms with E-state index in [1.165, 1.54) is 5.56 Å². The lowest BCUT2D eigenvalue weighted by Gasteiger charge is -2.10. The Morgan fingerprint density at radius 2 is 2.09 bits per heavy atom. The zero-order valence-corrected chi connectivity index (χ0v) is 13.7. The maximum absolute atomic E-state index is 12.0. The average Bonchev–Trinajstić information content (AvgIpc) is 2.53. The van der Waals surface area contributed by atoms with Gasteiger partial charge in [-0.3, -0.25) is 4.79 Å². The highest BCUT2D eigenvalue weighted by molar-refractivity contribution is 8.00. The van der Waals surface area contributed by atoms with E-state index in [0.717, 1.165) is 10.5 Å². The summed E-state index contributed by atoms with van der Waals surface area (Å²) >= 11 is 1.55. The lowest BCUT2D eigenvalue weighted by atomic mass is 10.2. The highest BCUT2D eigenvalue weighted by Crippen LogP contribution is 2.21. The highest BCUT2D eigenvalue weighted by atomic mass is 32.2. The summed E-state index contributed by atoms with van der Waals surface area (Å²) in [7, 11) is 0. The van der Waals surface area contributed by atoms with Crippen LogP contribution >= 0.6 is 11.8 Å². The molecule has 0 radical (unpaired) electrons. The van der Waals surface area contributed by atoms with Gasteiger partial charge in [0, 0.05) is 23.2 Å². The molecule has 4 nitrogen and oxygen atoms in total. The molecule has 0 aliphatic rings. The second-order valence-corrected chi connectivity index (χ2v) is 5.75. The van der Waals surface area contributed by atoms with Gasteiger partial charge in [-0.1, -0.05) is 24.3 Å². The van der Waals surface area contributed by atoms with Gasteiger partial charge in [0.05, 0.1) is 12.4 Å². The number of aryl methyl sites for hydroxylation is 1. The van der Waals surface area contributed by atoms with Crippen molar-refractivity contribution in [3.63, 3.8) is 0 Å². The molecule has 0 fully saturated rings. The smallest absolute Gasteiger partial charge is 0.230 e. The Hall–Kier alpha value is -2.01. The molecule has 1 N–H and O–H groups in total. The molecule has 1 aromatic heterocycles. The molecule has 2 rings (SSSR count). The van der Waals surface area contributed by atoms with Crippen LogP contribution < -0.4 is 10.1 Å². The van der Waals surface area contributed by atoms with Crippen molar-refractivity contribution < 1.29 is 9.53 Å². The number of carbonyl (C=O) groups excluding carboxylic acids is 1. The Bertz CT molecular complexity index is 632. The molecule has 2 aromatic rings. The van der Waals surface area contributed by atoms with Crippen LogP contribution in [0, 0.1) is 6.92 Å². The van der Waals surface area contributed by atoms with Gasteiger partial charge in [0.15, 0.2) is 0 Å². The van der Waals surface area contributed by atoms with Gasteiger partial charge < -0.3 is 10.1 Å². The van der Waals surface area contributed by atoms with E-state index in [1.807, 2.05) is 50.2 Å². The third-order valence-corrected chi connectivity index (χ3v) is 4.23. The second-order valence-electron chi connectivity index (χ2n) is 4.73. The fraction of sp³-hybridized carbons (Fsp3) is 0.294. The van der Waals surface area contributed by atoms with E-state index >= 15 is 0 Å². The van der Waals surface area contributed by atoms with Gasteiger partial charge in [0.2, 0.25) is 11.8 Å². The summed E-state index contributed by atoms with van der Waals surface area (Å²) in [5.41, 5.74) is 2.07. The van der Waals surface area contributed by atoms with Crippen molar-refractivity contribution in [3.8, 4) is 5.88 Å². The topological polar surface area (TPSA) is 51.2 Å². The van der Waals surface area contributed by atoms with Crippen molar-refractivity contribution in [3.05, 3.63) is 53.7 Å². The number of nitrogens with zero attached hydrogens (tertiary/aromatic N) is 1. The van der Waals surface area contributed by atoms with Crippen LogP contribution in [0.25, 0.3) is 0 Å². The van der Waals surface area contributed by atoms with E-state index in [4.69, 9.17) is 4.74 Å². The van der Waals surface area contributed by atoms with E-state index in [0.29, 0.717) is 24.8 Å². The van der Waals surface area contributed by atoms with Crippen molar-refractivity contribution in [2.75, 3.05) is 12.4 Å². The Morgan fingerprint density at radius 3 is 2.86 bits per heavy atom. The molecular weight excluding hydrogens is 296 g/mol. The van der Waals surface area contributed by atoms with E-state index in [9.17, 15) is 4.79 Å². The van der Waals surface area contributed by atoms with E-state index < -0.39 is 0 Å². The quantitative estimate of drug-likeness (QED) is 0.797. The SMILES string of the molecule is CCOc1ncccc1CNC(=O)CSc1ccccc1C. The van der Waals surface area contributed by atoms with Gasteiger partial charge >= 0.3 is 0 Å². The van der Waals surface area contributed by atoms with Crippen molar-refractivity contribution in [1.82, 2.24) is 10.3 Å². The first-order chi connectivity index (χ1) is 10.7. The number of amides is 1. The van der Waals surface area contributed by atoms with E-state index in [1.54, 1.807) is 18.0 Å². The third kappa shape index (κ3) is 4.77. The van der Waals surface area contributed by atoms with Crippen molar-refractivity contribution in [2.24, 2.45) is 0 Å². The van der Waals surface area contributed by atoms with Crippen LogP contribution in [-0.4, -0.2) is 23.3 Å². The van der Waals surface area contributed by atoms with Gasteiger partial charge in [-0.25, -0.2) is 4.98 Å². The summed E-state index contributed by atoms with van der Waals surface area (Å²) < 4.78 is 5.45. The predicted molar refractivity (Wildman–Crippen MR) is 89.2 cm³/mol. The molecular formula is C17H20N2O2S. The molecule has 0 bridgehead atoms. The summed E-state index contributed by atoms with van der Waals surface area (Å²) in [6, 6.07) is 11.8. The molecule has 1 aromatic carbocycles. The predicted octanol–water partition coefficient (Wildman–Crippen LogP) is 3.20. The van der Waals surface area contributed by atoms with E-state index in [2.05, 4.69) is 10.3 Å². The first-order valence-electron chi connectivity index (χ1n) is 7.22. The van der Waals surface area contributed by atoms with Crippen LogP contribution in [0.2, 0.25) is 0 Å². The lowest BCUT2D eigenvalue weighted by Crippen LogP contribution is -2.25. The number of ether oxygens (including phenoxy) is 1. The number of pyridine rings is 1. The molecule has 0 saturated carbocycles. The van der Waals surface area contributed by atoms with Crippen LogP contribution in [0.15, 0.2) is 47.5 Å². The van der Waals surface area contributed by atoms with Crippen LogP contribution in [0.5, 0.6) is 5.88 Å². The summed E-state index contributed by atoms with van der Waals surface area (Å²) in [6.45, 7) is 4.94. The van der Waals surface area contributed by atoms with Crippen LogP contribution in [0.4, 0.5) is 0 Å². The molecule has 0 aliphatic carbocycles. The minimum absolute atomic E-state index is 0.000412. The number of carbonyl (C=O) groups is 1. The fourth-order valence-corrected chi connectivity index (χ4v) is 2.79. The monoisotopic (exact) mass is 316 g/mol. The van der Waals surface area contributed by atoms with Gasteiger partial charge in [-0.15, -0.1) is 11.8 Å². The minimum Gasteiger partial charge on any atom is -0.478 e. The maximum Gasteiger partial charge on any atom is 0.230 e. The first-order valence-corrected chi connectivity index (χ1v) is 8.21. The molecule has 5 heteroatoms. The van der Waals surface area contributed by atoms with Crippen LogP contribution in [0.1, 0.15) is 18.1 Å². The molecule has 0 aliphatic heterocycles. The van der Waals surface area contributed by atoms with Gasteiger partial charge in [0.25, 0.3) is 0 Å². The molecule has 1 amide bonds. The molecule has 0 saturated heterocycles. The van der Waals surface area contributed by atoms with Gasteiger partial charge in [-0.2, -0.15) is 0 Å². The maximum atomic E-state index is 12.0. The number of hydrogen-bond donors (Lipinski definition) is 1. The van der Waals surface area contributed by atoms with Crippen molar-refractivity contribution >= 4 is 17.7 Å². The zero-order chi connectivity index (χ0) is 15.8. The zero-order valence-electron chi connectivity index (χ0n) is 12.8. The van der Waals surface area contributed by atoms with Crippen LogP contribution in [-0.2, 0) is 11.3 Å². The first kappa shape index (κ1) is 16.4. The summed E-state index contributed by atoms with van der Waals surface area (Å²) in [4.78, 5) is 17.3. The Balaban J connectivity index is 1.84. The minimum atomic E-state index is -0.000412. The lowest BCUT2D eigenvalue weighted by molar-refractivity contribution is -0.118. The number of rotatable bonds is 7. The average molecular weight is 316 g/mol. The number of aromatic nitrogens is 1. The van der Waals surface area contributed by atoms with Crippen LogP contribution in [0.3, 0.4) is 0 Å². The number of nitrogens with one attached hydrogen (secondary N) is 1. The summed E-state index contributed by atoms with van der Waals surface area (Å²) in [5.74, 6) is 0.978. The molecule has 22 heavy (non-hydrogen) atoms. The van der Waals surface area contributed by atoms with Crippen molar-refractivity contribution in [1.29, 1.82) is 0 Å². The largest absolute Gasteiger partial charge is 0.478 e. The Morgan fingerprint density at radius 1 is 1.27 bits per heavy atom. The molecule has 0 unspecified atom stereocenters. The fourth-order valence-electron chi connectivity index (χ4n) is 1.93. The standard InChI is InChI=1S/C17H20N2O2S/c1-3-21-17-14(8-6-10-18-17)11-19-16(20)12-22-15-9-5-4-7-13(15)2/h4-10H,3,11-12H2,1-2H3,(H,19,20). The van der Waals surface area contributed by atoms with Gasteiger partial charge in [-0.05, 0) is 31.5 Å². The molecule has 1 heterocycles.